The quantitative estimate of drug-likeness (QED) is 0.296. The lowest BCUT2D eigenvalue weighted by Crippen LogP contribution is -2.48. The summed E-state index contributed by atoms with van der Waals surface area (Å²) in [6, 6.07) is 3.69. The number of amides is 3. The molecular weight excluding hydrogens is 538 g/mol. The number of nitrogens with zero attached hydrogens (tertiary/aromatic N) is 8. The van der Waals surface area contributed by atoms with Crippen molar-refractivity contribution in [3.8, 4) is 22.6 Å². The topological polar surface area (TPSA) is 161 Å². The second-order valence-corrected chi connectivity index (χ2v) is 10.4. The Kier molecular flexibility index (Phi) is 6.68. The molecule has 2 fully saturated rings. The first kappa shape index (κ1) is 26.0. The number of carbonyl (C=O) groups is 2. The van der Waals surface area contributed by atoms with Crippen molar-refractivity contribution >= 4 is 39.7 Å². The highest BCUT2D eigenvalue weighted by Gasteiger charge is 2.24. The fourth-order valence-corrected chi connectivity index (χ4v) is 5.26. The molecule has 42 heavy (non-hydrogen) atoms. The van der Waals surface area contributed by atoms with E-state index in [1.54, 1.807) is 40.8 Å². The van der Waals surface area contributed by atoms with Crippen LogP contribution in [0.15, 0.2) is 43.1 Å². The third-order valence-corrected chi connectivity index (χ3v) is 7.68. The first-order valence-corrected chi connectivity index (χ1v) is 13.8. The summed E-state index contributed by atoms with van der Waals surface area (Å²) in [4.78, 5) is 53.0. The number of aromatic amines is 2. The van der Waals surface area contributed by atoms with Crippen molar-refractivity contribution in [2.75, 3.05) is 64.8 Å². The number of hydrogen-bond acceptors (Lipinski definition) is 9. The number of anilines is 1. The van der Waals surface area contributed by atoms with Gasteiger partial charge in [0.25, 0.3) is 5.91 Å². The van der Waals surface area contributed by atoms with Crippen LogP contribution in [0.4, 0.5) is 10.5 Å². The maximum absolute atomic E-state index is 13.2. The van der Waals surface area contributed by atoms with Crippen molar-refractivity contribution in [2.24, 2.45) is 0 Å². The van der Waals surface area contributed by atoms with E-state index in [1.807, 2.05) is 12.1 Å². The van der Waals surface area contributed by atoms with E-state index >= 15 is 0 Å². The summed E-state index contributed by atoms with van der Waals surface area (Å²) >= 11 is 0. The minimum atomic E-state index is -0.140. The number of imidazole rings is 1. The van der Waals surface area contributed by atoms with Crippen LogP contribution < -0.4 is 5.32 Å². The number of rotatable bonds is 4. The Labute approximate surface area is 240 Å². The molecule has 0 radical (unpaired) electrons. The predicted octanol–water partition coefficient (Wildman–Crippen LogP) is 2.21. The number of urea groups is 1. The lowest BCUT2D eigenvalue weighted by molar-refractivity contribution is 0.0304. The largest absolute Gasteiger partial charge is 0.378 e. The van der Waals surface area contributed by atoms with Gasteiger partial charge in [-0.25, -0.2) is 14.8 Å². The summed E-state index contributed by atoms with van der Waals surface area (Å²) < 4.78 is 5.39. The highest BCUT2D eigenvalue weighted by Crippen LogP contribution is 2.30. The molecule has 0 atom stereocenters. The molecule has 2 aliphatic heterocycles. The lowest BCUT2D eigenvalue weighted by Gasteiger charge is -2.32. The van der Waals surface area contributed by atoms with Gasteiger partial charge >= 0.3 is 6.03 Å². The van der Waals surface area contributed by atoms with Crippen LogP contribution in [0.25, 0.3) is 44.7 Å². The van der Waals surface area contributed by atoms with E-state index in [0.717, 1.165) is 29.6 Å². The summed E-state index contributed by atoms with van der Waals surface area (Å²) in [5.74, 6) is 0.391. The first-order valence-electron chi connectivity index (χ1n) is 13.8. The number of hydrogen-bond donors (Lipinski definition) is 3. The second kappa shape index (κ2) is 10.8. The van der Waals surface area contributed by atoms with Gasteiger partial charge in [0.1, 0.15) is 11.2 Å². The summed E-state index contributed by atoms with van der Waals surface area (Å²) in [6.07, 6.45) is 8.28. The molecule has 3 N–H and O–H groups in total. The molecule has 5 aromatic heterocycles. The van der Waals surface area contributed by atoms with E-state index in [9.17, 15) is 9.59 Å². The number of nitrogens with one attached hydrogen (secondary N) is 3. The Bertz CT molecular complexity index is 1780. The van der Waals surface area contributed by atoms with Gasteiger partial charge < -0.3 is 29.7 Å². The van der Waals surface area contributed by atoms with Crippen molar-refractivity contribution < 1.29 is 14.3 Å². The van der Waals surface area contributed by atoms with Gasteiger partial charge in [0.05, 0.1) is 47.8 Å². The average molecular weight is 568 g/mol. The molecule has 2 aliphatic rings. The van der Waals surface area contributed by atoms with Crippen LogP contribution in [0.3, 0.4) is 0 Å². The normalized spacial score (nSPS) is 16.3. The number of piperazine rings is 1. The Morgan fingerprint density at radius 3 is 2.52 bits per heavy atom. The van der Waals surface area contributed by atoms with Crippen LogP contribution in [0.1, 0.15) is 10.4 Å². The van der Waals surface area contributed by atoms with E-state index in [-0.39, 0.29) is 11.9 Å². The smallest absolute Gasteiger partial charge is 0.321 e. The molecule has 0 aliphatic carbocycles. The molecule has 2 saturated heterocycles. The monoisotopic (exact) mass is 567 g/mol. The molecule has 0 aromatic carbocycles. The molecule has 0 unspecified atom stereocenters. The van der Waals surface area contributed by atoms with Crippen LogP contribution in [0.2, 0.25) is 0 Å². The summed E-state index contributed by atoms with van der Waals surface area (Å²) in [5, 5.41) is 11.1. The van der Waals surface area contributed by atoms with Crippen molar-refractivity contribution in [3.05, 3.63) is 48.7 Å². The van der Waals surface area contributed by atoms with E-state index in [4.69, 9.17) is 9.72 Å². The zero-order valence-corrected chi connectivity index (χ0v) is 23.0. The number of fused-ring (bicyclic) bond motifs is 2. The predicted molar refractivity (Wildman–Crippen MR) is 155 cm³/mol. The fourth-order valence-electron chi connectivity index (χ4n) is 5.26. The lowest BCUT2D eigenvalue weighted by atomic mass is 10.1. The summed E-state index contributed by atoms with van der Waals surface area (Å²) in [7, 11) is 2.05. The van der Waals surface area contributed by atoms with Crippen LogP contribution >= 0.6 is 0 Å². The molecule has 214 valence electrons. The van der Waals surface area contributed by atoms with Gasteiger partial charge in [-0.2, -0.15) is 5.10 Å². The van der Waals surface area contributed by atoms with E-state index in [1.165, 1.54) is 0 Å². The highest BCUT2D eigenvalue weighted by atomic mass is 16.5. The van der Waals surface area contributed by atoms with Crippen molar-refractivity contribution in [3.63, 3.8) is 0 Å². The fraction of sp³-hybridized carbons (Fsp3) is 0.321. The highest BCUT2D eigenvalue weighted by molar-refractivity contribution is 6.05. The van der Waals surface area contributed by atoms with Crippen LogP contribution in [0, 0.1) is 0 Å². The van der Waals surface area contributed by atoms with Crippen molar-refractivity contribution in [1.29, 1.82) is 0 Å². The average Bonchev–Trinajstić information content (AvgIpc) is 3.65. The van der Waals surface area contributed by atoms with Crippen molar-refractivity contribution in [1.82, 2.24) is 49.8 Å². The maximum Gasteiger partial charge on any atom is 0.321 e. The van der Waals surface area contributed by atoms with E-state index < -0.39 is 0 Å². The standard InChI is InChI=1S/C28H29N11O3/c1-37-2-4-39(5-3-37)28(41)32-19-10-17(12-29-14-19)18-11-20-24(35-36-25(20)31-13-18)26-33-22-16-30-15-21(23(22)34-26)27(40)38-6-8-42-9-7-38/h10-16H,2-9H2,1H3,(H,32,41)(H,33,34)(H,31,35,36). The first-order chi connectivity index (χ1) is 20.5. The molecule has 5 aromatic rings. The number of H-pyrrole nitrogens is 2. The summed E-state index contributed by atoms with van der Waals surface area (Å²) in [5.41, 5.74) is 4.96. The second-order valence-electron chi connectivity index (χ2n) is 10.4. The number of aromatic nitrogens is 7. The zero-order valence-electron chi connectivity index (χ0n) is 23.0. The van der Waals surface area contributed by atoms with Gasteiger partial charge in [-0.15, -0.1) is 0 Å². The van der Waals surface area contributed by atoms with E-state index in [2.05, 4.69) is 47.4 Å². The van der Waals surface area contributed by atoms with Gasteiger partial charge in [-0.3, -0.25) is 19.9 Å². The van der Waals surface area contributed by atoms with E-state index in [0.29, 0.717) is 78.8 Å². The number of carbonyl (C=O) groups excluding carboxylic acids is 2. The Balaban J connectivity index is 1.18. The van der Waals surface area contributed by atoms with Gasteiger partial charge in [0.15, 0.2) is 11.5 Å². The van der Waals surface area contributed by atoms with Gasteiger partial charge in [0.2, 0.25) is 0 Å². The Hall–Kier alpha value is -4.95. The van der Waals surface area contributed by atoms with Crippen molar-refractivity contribution in [2.45, 2.75) is 0 Å². The van der Waals surface area contributed by atoms with Crippen LogP contribution in [0.5, 0.6) is 0 Å². The van der Waals surface area contributed by atoms with Gasteiger partial charge in [-0.05, 0) is 19.2 Å². The molecule has 7 heterocycles. The number of likely N-dealkylation sites (N-methyl/N-ethyl adjacent to an activating group) is 1. The molecule has 0 saturated carbocycles. The zero-order chi connectivity index (χ0) is 28.6. The van der Waals surface area contributed by atoms with Crippen LogP contribution in [-0.4, -0.2) is 121 Å². The number of morpholine rings is 1. The molecular formula is C28H29N11O3. The van der Waals surface area contributed by atoms with Crippen LogP contribution in [-0.2, 0) is 4.74 Å². The third-order valence-electron chi connectivity index (χ3n) is 7.68. The number of ether oxygens (including phenoxy) is 1. The number of pyridine rings is 3. The SMILES string of the molecule is CN1CCN(C(=O)Nc2cncc(-c3cnc4n[nH]c(-c5nc6c(C(=O)N7CCOCC7)cncc6[nH]5)c4c3)c2)CC1. The minimum Gasteiger partial charge on any atom is -0.378 e. The molecule has 14 nitrogen and oxygen atoms in total. The molecule has 0 bridgehead atoms. The summed E-state index contributed by atoms with van der Waals surface area (Å²) in [6.45, 7) is 5.13. The molecule has 14 heteroatoms. The Morgan fingerprint density at radius 2 is 1.69 bits per heavy atom. The van der Waals surface area contributed by atoms with Gasteiger partial charge in [-0.1, -0.05) is 0 Å². The minimum absolute atomic E-state index is 0.125. The third kappa shape index (κ3) is 4.90. The van der Waals surface area contributed by atoms with Gasteiger partial charge in [0, 0.05) is 69.0 Å². The Morgan fingerprint density at radius 1 is 0.905 bits per heavy atom. The molecule has 3 amide bonds. The molecule has 0 spiro atoms. The maximum atomic E-state index is 13.2. The molecule has 7 rings (SSSR count).